The average molecular weight is 218 g/mol. The zero-order valence-electron chi connectivity index (χ0n) is 6.51. The summed E-state index contributed by atoms with van der Waals surface area (Å²) in [4.78, 5) is 0. The van der Waals surface area contributed by atoms with Gasteiger partial charge < -0.3 is 10.2 Å². The second-order valence-electron chi connectivity index (χ2n) is 2.61. The summed E-state index contributed by atoms with van der Waals surface area (Å²) in [6, 6.07) is 1.91. The maximum atomic E-state index is 5.43. The summed E-state index contributed by atoms with van der Waals surface area (Å²) in [7, 11) is 0. The molecule has 1 unspecified atom stereocenters. The minimum atomic E-state index is 0.407. The van der Waals surface area contributed by atoms with Crippen LogP contribution in [0.2, 0.25) is 0 Å². The van der Waals surface area contributed by atoms with E-state index in [1.807, 2.05) is 6.07 Å². The van der Waals surface area contributed by atoms with Crippen LogP contribution < -0.4 is 5.73 Å². The highest BCUT2D eigenvalue weighted by atomic mass is 79.9. The van der Waals surface area contributed by atoms with Crippen molar-refractivity contribution in [2.45, 2.75) is 19.3 Å². The summed E-state index contributed by atoms with van der Waals surface area (Å²) < 4.78 is 6.32. The first-order chi connectivity index (χ1) is 5.25. The standard InChI is InChI=1S/C8H12BrNO/c1-6(2-4-10)8-7(9)3-5-11-8/h3,5-6H,2,4,10H2,1H3. The van der Waals surface area contributed by atoms with E-state index in [9.17, 15) is 0 Å². The van der Waals surface area contributed by atoms with Crippen LogP contribution in [0.1, 0.15) is 25.0 Å². The van der Waals surface area contributed by atoms with E-state index in [0.29, 0.717) is 12.5 Å². The van der Waals surface area contributed by atoms with Gasteiger partial charge in [0, 0.05) is 5.92 Å². The molecule has 0 aliphatic rings. The van der Waals surface area contributed by atoms with Crippen molar-refractivity contribution in [3.05, 3.63) is 22.6 Å². The molecule has 3 heteroatoms. The molecular formula is C8H12BrNO. The van der Waals surface area contributed by atoms with Gasteiger partial charge in [0.25, 0.3) is 0 Å². The molecule has 62 valence electrons. The Morgan fingerprint density at radius 2 is 2.45 bits per heavy atom. The Kier molecular flexibility index (Phi) is 3.15. The highest BCUT2D eigenvalue weighted by Crippen LogP contribution is 2.27. The number of nitrogens with two attached hydrogens (primary N) is 1. The van der Waals surface area contributed by atoms with Gasteiger partial charge in [-0.3, -0.25) is 0 Å². The molecule has 2 N–H and O–H groups in total. The van der Waals surface area contributed by atoms with Gasteiger partial charge in [-0.15, -0.1) is 0 Å². The summed E-state index contributed by atoms with van der Waals surface area (Å²) >= 11 is 3.40. The first-order valence-electron chi connectivity index (χ1n) is 3.68. The summed E-state index contributed by atoms with van der Waals surface area (Å²) in [5, 5.41) is 0. The summed E-state index contributed by atoms with van der Waals surface area (Å²) in [6.07, 6.45) is 2.65. The van der Waals surface area contributed by atoms with Gasteiger partial charge in [-0.1, -0.05) is 6.92 Å². The summed E-state index contributed by atoms with van der Waals surface area (Å²) in [5.74, 6) is 1.40. The number of hydrogen-bond donors (Lipinski definition) is 1. The molecule has 0 fully saturated rings. The normalized spacial score (nSPS) is 13.4. The lowest BCUT2D eigenvalue weighted by Crippen LogP contribution is -2.03. The zero-order chi connectivity index (χ0) is 8.27. The van der Waals surface area contributed by atoms with Gasteiger partial charge in [-0.05, 0) is 35.0 Å². The van der Waals surface area contributed by atoms with Crippen LogP contribution in [0.15, 0.2) is 21.2 Å². The maximum Gasteiger partial charge on any atom is 0.120 e. The van der Waals surface area contributed by atoms with Crippen molar-refractivity contribution >= 4 is 15.9 Å². The van der Waals surface area contributed by atoms with Crippen molar-refractivity contribution in [3.63, 3.8) is 0 Å². The predicted molar refractivity (Wildman–Crippen MR) is 48.5 cm³/mol. The molecule has 1 atom stereocenters. The zero-order valence-corrected chi connectivity index (χ0v) is 8.10. The fourth-order valence-electron chi connectivity index (χ4n) is 1.04. The molecule has 0 aliphatic heterocycles. The van der Waals surface area contributed by atoms with Crippen molar-refractivity contribution in [3.8, 4) is 0 Å². The van der Waals surface area contributed by atoms with Crippen LogP contribution in [0.3, 0.4) is 0 Å². The molecule has 1 heterocycles. The Bertz CT molecular complexity index is 222. The van der Waals surface area contributed by atoms with Crippen molar-refractivity contribution in [2.75, 3.05) is 6.54 Å². The minimum Gasteiger partial charge on any atom is -0.468 e. The Labute approximate surface area is 74.9 Å². The molecular weight excluding hydrogens is 206 g/mol. The Morgan fingerprint density at radius 3 is 2.91 bits per heavy atom. The van der Waals surface area contributed by atoms with E-state index >= 15 is 0 Å². The number of rotatable bonds is 3. The Balaban J connectivity index is 2.67. The van der Waals surface area contributed by atoms with E-state index in [2.05, 4.69) is 22.9 Å². The minimum absolute atomic E-state index is 0.407. The molecule has 0 saturated carbocycles. The lowest BCUT2D eigenvalue weighted by molar-refractivity contribution is 0.461. The van der Waals surface area contributed by atoms with Crippen molar-refractivity contribution in [1.29, 1.82) is 0 Å². The molecule has 0 bridgehead atoms. The number of hydrogen-bond acceptors (Lipinski definition) is 2. The van der Waals surface area contributed by atoms with Gasteiger partial charge >= 0.3 is 0 Å². The third-order valence-electron chi connectivity index (χ3n) is 1.69. The highest BCUT2D eigenvalue weighted by Gasteiger charge is 2.11. The van der Waals surface area contributed by atoms with Crippen LogP contribution in [0, 0.1) is 0 Å². The van der Waals surface area contributed by atoms with Crippen LogP contribution in [0.25, 0.3) is 0 Å². The molecule has 0 spiro atoms. The first kappa shape index (κ1) is 8.81. The maximum absolute atomic E-state index is 5.43. The molecule has 11 heavy (non-hydrogen) atoms. The third-order valence-corrected chi connectivity index (χ3v) is 2.35. The van der Waals surface area contributed by atoms with Gasteiger partial charge in [0.05, 0.1) is 10.7 Å². The number of furan rings is 1. The van der Waals surface area contributed by atoms with Crippen LogP contribution in [-0.2, 0) is 0 Å². The lowest BCUT2D eigenvalue weighted by atomic mass is 10.1. The summed E-state index contributed by atoms with van der Waals surface area (Å²) in [6.45, 7) is 2.81. The van der Waals surface area contributed by atoms with E-state index < -0.39 is 0 Å². The van der Waals surface area contributed by atoms with Crippen molar-refractivity contribution < 1.29 is 4.42 Å². The van der Waals surface area contributed by atoms with Gasteiger partial charge in [0.2, 0.25) is 0 Å². The summed E-state index contributed by atoms with van der Waals surface area (Å²) in [5.41, 5.74) is 5.43. The van der Waals surface area contributed by atoms with E-state index in [1.165, 1.54) is 0 Å². The van der Waals surface area contributed by atoms with Crippen LogP contribution in [-0.4, -0.2) is 6.54 Å². The van der Waals surface area contributed by atoms with Gasteiger partial charge in [0.1, 0.15) is 5.76 Å². The topological polar surface area (TPSA) is 39.2 Å². The molecule has 2 nitrogen and oxygen atoms in total. The lowest BCUT2D eigenvalue weighted by Gasteiger charge is -2.05. The largest absolute Gasteiger partial charge is 0.468 e. The van der Waals surface area contributed by atoms with Crippen molar-refractivity contribution in [2.24, 2.45) is 5.73 Å². The average Bonchev–Trinajstić information content (AvgIpc) is 2.36. The van der Waals surface area contributed by atoms with Crippen molar-refractivity contribution in [1.82, 2.24) is 0 Å². The van der Waals surface area contributed by atoms with Crippen LogP contribution >= 0.6 is 15.9 Å². The molecule has 0 amide bonds. The van der Waals surface area contributed by atoms with Gasteiger partial charge in [0.15, 0.2) is 0 Å². The van der Waals surface area contributed by atoms with Gasteiger partial charge in [-0.2, -0.15) is 0 Å². The smallest absolute Gasteiger partial charge is 0.120 e. The molecule has 0 radical (unpaired) electrons. The SMILES string of the molecule is CC(CCN)c1occc1Br. The van der Waals surface area contributed by atoms with Gasteiger partial charge in [-0.25, -0.2) is 0 Å². The fourth-order valence-corrected chi connectivity index (χ4v) is 1.63. The predicted octanol–water partition coefficient (Wildman–Crippen LogP) is 2.49. The van der Waals surface area contributed by atoms with E-state index in [0.717, 1.165) is 16.7 Å². The number of halogens is 1. The second-order valence-corrected chi connectivity index (χ2v) is 3.47. The molecule has 1 aromatic heterocycles. The second kappa shape index (κ2) is 3.93. The van der Waals surface area contributed by atoms with Crippen LogP contribution in [0.5, 0.6) is 0 Å². The first-order valence-corrected chi connectivity index (χ1v) is 4.48. The molecule has 0 aliphatic carbocycles. The Morgan fingerprint density at radius 1 is 1.73 bits per heavy atom. The molecule has 0 aromatic carbocycles. The highest BCUT2D eigenvalue weighted by molar-refractivity contribution is 9.10. The van der Waals surface area contributed by atoms with E-state index in [-0.39, 0.29) is 0 Å². The Hall–Kier alpha value is -0.280. The monoisotopic (exact) mass is 217 g/mol. The fraction of sp³-hybridized carbons (Fsp3) is 0.500. The van der Waals surface area contributed by atoms with E-state index in [4.69, 9.17) is 10.2 Å². The molecule has 0 saturated heterocycles. The molecule has 1 aromatic rings. The quantitative estimate of drug-likeness (QED) is 0.846. The molecule has 1 rings (SSSR count). The third kappa shape index (κ3) is 2.07. The van der Waals surface area contributed by atoms with E-state index in [1.54, 1.807) is 6.26 Å². The van der Waals surface area contributed by atoms with Crippen LogP contribution in [0.4, 0.5) is 0 Å².